The predicted molar refractivity (Wildman–Crippen MR) is 99.1 cm³/mol. The van der Waals surface area contributed by atoms with Gasteiger partial charge in [-0.05, 0) is 80.3 Å². The molecule has 0 bridgehead atoms. The summed E-state index contributed by atoms with van der Waals surface area (Å²) in [6, 6.07) is 12.4. The van der Waals surface area contributed by atoms with E-state index < -0.39 is 6.10 Å². The molecule has 0 heterocycles. The molecule has 5 nitrogen and oxygen atoms in total. The van der Waals surface area contributed by atoms with Gasteiger partial charge in [0.25, 0.3) is 5.91 Å². The summed E-state index contributed by atoms with van der Waals surface area (Å²) in [6.07, 6.45) is -0.0129. The number of nitrogens with zero attached hydrogens (tertiary/aromatic N) is 1. The van der Waals surface area contributed by atoms with Gasteiger partial charge in [0.1, 0.15) is 11.5 Å². The topological polar surface area (TPSA) is 70.9 Å². The number of hydrogen-bond acceptors (Lipinski definition) is 4. The van der Waals surface area contributed by atoms with Crippen molar-refractivity contribution >= 4 is 11.6 Å². The summed E-state index contributed by atoms with van der Waals surface area (Å²) in [5, 5.41) is 13.5. The first-order valence-electron chi connectivity index (χ1n) is 8.30. The van der Waals surface area contributed by atoms with Gasteiger partial charge in [-0.1, -0.05) is 13.0 Å². The number of carbonyl (C=O) groups is 1. The van der Waals surface area contributed by atoms with Crippen molar-refractivity contribution < 1.29 is 14.6 Å². The van der Waals surface area contributed by atoms with E-state index in [0.29, 0.717) is 12.2 Å². The minimum absolute atomic E-state index is 0.193. The number of phenols is 1. The number of hydrazone groups is 1. The Kier molecular flexibility index (Phi) is 6.17. The number of carbonyl (C=O) groups excluding carboxylic acids is 1. The van der Waals surface area contributed by atoms with Gasteiger partial charge in [-0.2, -0.15) is 5.10 Å². The number of amides is 1. The van der Waals surface area contributed by atoms with Crippen LogP contribution in [0.15, 0.2) is 47.6 Å². The van der Waals surface area contributed by atoms with Crippen molar-refractivity contribution in [3.8, 4) is 11.5 Å². The van der Waals surface area contributed by atoms with E-state index in [1.165, 1.54) is 5.56 Å². The van der Waals surface area contributed by atoms with Crippen LogP contribution in [-0.2, 0) is 4.79 Å². The third kappa shape index (κ3) is 5.08. The highest BCUT2D eigenvalue weighted by atomic mass is 16.5. The molecular weight excluding hydrogens is 316 g/mol. The molecule has 132 valence electrons. The van der Waals surface area contributed by atoms with Crippen molar-refractivity contribution in [2.75, 3.05) is 0 Å². The smallest absolute Gasteiger partial charge is 0.280 e. The molecule has 0 radical (unpaired) electrons. The average molecular weight is 340 g/mol. The number of nitrogens with one attached hydrogen (secondary N) is 1. The van der Waals surface area contributed by atoms with Gasteiger partial charge in [0.05, 0.1) is 5.71 Å². The van der Waals surface area contributed by atoms with Gasteiger partial charge >= 0.3 is 0 Å². The van der Waals surface area contributed by atoms with Crippen molar-refractivity contribution in [3.63, 3.8) is 0 Å². The summed E-state index contributed by atoms with van der Waals surface area (Å²) in [5.74, 6) is 0.533. The van der Waals surface area contributed by atoms with Crippen LogP contribution >= 0.6 is 0 Å². The molecule has 2 aromatic rings. The Labute approximate surface area is 148 Å². The highest BCUT2D eigenvalue weighted by Crippen LogP contribution is 2.18. The van der Waals surface area contributed by atoms with Crippen molar-refractivity contribution in [3.05, 3.63) is 59.2 Å². The molecule has 0 aliphatic rings. The zero-order valence-electron chi connectivity index (χ0n) is 15.0. The number of aromatic hydroxyl groups is 1. The third-order valence-corrected chi connectivity index (χ3v) is 4.00. The van der Waals surface area contributed by atoms with Gasteiger partial charge in [-0.3, -0.25) is 4.79 Å². The van der Waals surface area contributed by atoms with Gasteiger partial charge in [-0.25, -0.2) is 5.43 Å². The molecule has 0 fully saturated rings. The van der Waals surface area contributed by atoms with Crippen LogP contribution in [0.1, 0.15) is 37.0 Å². The monoisotopic (exact) mass is 340 g/mol. The Balaban J connectivity index is 2.01. The van der Waals surface area contributed by atoms with Crippen molar-refractivity contribution in [1.82, 2.24) is 5.43 Å². The van der Waals surface area contributed by atoms with E-state index in [1.807, 2.05) is 39.0 Å². The molecule has 2 aromatic carbocycles. The van der Waals surface area contributed by atoms with Gasteiger partial charge in [-0.15, -0.1) is 0 Å². The first-order valence-corrected chi connectivity index (χ1v) is 8.30. The molecule has 0 spiro atoms. The van der Waals surface area contributed by atoms with Crippen LogP contribution in [0.3, 0.4) is 0 Å². The maximum Gasteiger partial charge on any atom is 0.280 e. The van der Waals surface area contributed by atoms with Crippen LogP contribution < -0.4 is 10.2 Å². The lowest BCUT2D eigenvalue weighted by atomic mass is 10.1. The number of benzene rings is 2. The summed E-state index contributed by atoms with van der Waals surface area (Å²) in [6.45, 7) is 7.67. The van der Waals surface area contributed by atoms with Gasteiger partial charge in [0.2, 0.25) is 0 Å². The first kappa shape index (κ1) is 18.5. The first-order chi connectivity index (χ1) is 11.9. The minimum Gasteiger partial charge on any atom is -0.508 e. The zero-order valence-corrected chi connectivity index (χ0v) is 15.0. The summed E-state index contributed by atoms with van der Waals surface area (Å²) in [4.78, 5) is 12.2. The van der Waals surface area contributed by atoms with Crippen LogP contribution in [0.4, 0.5) is 0 Å². The molecule has 5 heteroatoms. The number of rotatable bonds is 6. The number of hydrogen-bond donors (Lipinski definition) is 2. The van der Waals surface area contributed by atoms with Crippen LogP contribution in [0.2, 0.25) is 0 Å². The molecule has 2 N–H and O–H groups in total. The lowest BCUT2D eigenvalue weighted by molar-refractivity contribution is -0.127. The second-order valence-corrected chi connectivity index (χ2v) is 5.94. The fourth-order valence-corrected chi connectivity index (χ4v) is 2.26. The van der Waals surface area contributed by atoms with Gasteiger partial charge in [0, 0.05) is 0 Å². The molecule has 25 heavy (non-hydrogen) atoms. The zero-order chi connectivity index (χ0) is 18.4. The molecule has 0 saturated heterocycles. The summed E-state index contributed by atoms with van der Waals surface area (Å²) >= 11 is 0. The molecule has 0 aromatic heterocycles. The number of ether oxygens (including phenoxy) is 1. The van der Waals surface area contributed by atoms with E-state index in [2.05, 4.69) is 10.5 Å². The molecule has 0 aliphatic carbocycles. The quantitative estimate of drug-likeness (QED) is 0.622. The Bertz CT molecular complexity index is 767. The largest absolute Gasteiger partial charge is 0.508 e. The van der Waals surface area contributed by atoms with E-state index in [4.69, 9.17) is 4.74 Å². The second-order valence-electron chi connectivity index (χ2n) is 5.94. The summed E-state index contributed by atoms with van der Waals surface area (Å²) in [7, 11) is 0. The van der Waals surface area contributed by atoms with Crippen molar-refractivity contribution in [2.24, 2.45) is 5.10 Å². The van der Waals surface area contributed by atoms with E-state index in [-0.39, 0.29) is 11.7 Å². The standard InChI is InChI=1S/C20H24N2O3/c1-5-19(16-7-9-17(23)10-8-16)21-22-20(24)15(4)25-18-11-6-13(2)14(3)12-18/h6-12,15,23H,5H2,1-4H3,(H,22,24)/b21-19+. The fourth-order valence-electron chi connectivity index (χ4n) is 2.26. The number of phenolic OH excluding ortho intramolecular Hbond substituents is 1. The van der Waals surface area contributed by atoms with Gasteiger partial charge in [0.15, 0.2) is 6.10 Å². The van der Waals surface area contributed by atoms with E-state index in [0.717, 1.165) is 16.8 Å². The van der Waals surface area contributed by atoms with E-state index in [9.17, 15) is 9.90 Å². The molecule has 0 aliphatic heterocycles. The molecule has 2 rings (SSSR count). The lowest BCUT2D eigenvalue weighted by Gasteiger charge is -2.14. The molecular formula is C20H24N2O3. The van der Waals surface area contributed by atoms with Crippen molar-refractivity contribution in [1.29, 1.82) is 0 Å². The Morgan fingerprint density at radius 2 is 1.84 bits per heavy atom. The Morgan fingerprint density at radius 1 is 1.16 bits per heavy atom. The minimum atomic E-state index is -0.663. The highest BCUT2D eigenvalue weighted by molar-refractivity contribution is 6.01. The summed E-state index contributed by atoms with van der Waals surface area (Å²) in [5.41, 5.74) is 6.42. The van der Waals surface area contributed by atoms with Crippen LogP contribution in [0, 0.1) is 13.8 Å². The van der Waals surface area contributed by atoms with Crippen LogP contribution in [-0.4, -0.2) is 22.8 Å². The Morgan fingerprint density at radius 3 is 2.44 bits per heavy atom. The molecule has 1 unspecified atom stereocenters. The fraction of sp³-hybridized carbons (Fsp3) is 0.300. The number of aryl methyl sites for hydroxylation is 2. The maximum absolute atomic E-state index is 12.2. The second kappa shape index (κ2) is 8.33. The average Bonchev–Trinajstić information content (AvgIpc) is 2.60. The van der Waals surface area contributed by atoms with E-state index in [1.54, 1.807) is 31.2 Å². The molecule has 1 atom stereocenters. The van der Waals surface area contributed by atoms with Crippen LogP contribution in [0.25, 0.3) is 0 Å². The SMILES string of the molecule is CC/C(=N\NC(=O)C(C)Oc1ccc(C)c(C)c1)c1ccc(O)cc1. The van der Waals surface area contributed by atoms with Crippen LogP contribution in [0.5, 0.6) is 11.5 Å². The molecule has 0 saturated carbocycles. The van der Waals surface area contributed by atoms with E-state index >= 15 is 0 Å². The van der Waals surface area contributed by atoms with Gasteiger partial charge < -0.3 is 9.84 Å². The third-order valence-electron chi connectivity index (χ3n) is 4.00. The Hall–Kier alpha value is -2.82. The highest BCUT2D eigenvalue weighted by Gasteiger charge is 2.15. The molecule has 1 amide bonds. The predicted octanol–water partition coefficient (Wildman–Crippen LogP) is 3.71. The van der Waals surface area contributed by atoms with Crippen molar-refractivity contribution in [2.45, 2.75) is 40.2 Å². The maximum atomic E-state index is 12.2. The summed E-state index contributed by atoms with van der Waals surface area (Å²) < 4.78 is 5.68. The lowest BCUT2D eigenvalue weighted by Crippen LogP contribution is -2.34. The normalized spacial score (nSPS) is 12.6.